The van der Waals surface area contributed by atoms with E-state index in [1.54, 1.807) is 0 Å². The second kappa shape index (κ2) is 6.13. The lowest BCUT2D eigenvalue weighted by molar-refractivity contribution is 0.0723. The minimum Gasteiger partial charge on any atom is -0.379 e. The molecule has 0 bridgehead atoms. The molecular formula is C8H18ClN3O3S. The molecular weight excluding hydrogens is 254 g/mol. The van der Waals surface area contributed by atoms with E-state index in [4.69, 9.17) is 4.74 Å². The molecule has 2 heterocycles. The number of hydrogen-bond donors (Lipinski definition) is 2. The summed E-state index contributed by atoms with van der Waals surface area (Å²) in [6.07, 6.45) is 0.865. The van der Waals surface area contributed by atoms with Gasteiger partial charge in [0.25, 0.3) is 10.2 Å². The molecule has 2 rings (SSSR count). The Morgan fingerprint density at radius 1 is 1.31 bits per heavy atom. The zero-order chi connectivity index (χ0) is 10.7. The standard InChI is InChI=1S/C8H17N3O3S.ClH/c12-15(13,10-8-1-2-9-7-8)11-3-5-14-6-4-11;/h8-10H,1-7H2;1H. The molecule has 2 aliphatic heterocycles. The van der Waals surface area contributed by atoms with E-state index in [0.717, 1.165) is 19.5 Å². The van der Waals surface area contributed by atoms with E-state index >= 15 is 0 Å². The molecule has 0 aromatic rings. The maximum atomic E-state index is 11.9. The molecule has 16 heavy (non-hydrogen) atoms. The van der Waals surface area contributed by atoms with Crippen LogP contribution in [0, 0.1) is 0 Å². The molecule has 0 radical (unpaired) electrons. The van der Waals surface area contributed by atoms with Gasteiger partial charge in [0.05, 0.1) is 13.2 Å². The van der Waals surface area contributed by atoms with Crippen LogP contribution in [0.2, 0.25) is 0 Å². The van der Waals surface area contributed by atoms with Gasteiger partial charge in [-0.25, -0.2) is 0 Å². The lowest BCUT2D eigenvalue weighted by Crippen LogP contribution is -2.50. The summed E-state index contributed by atoms with van der Waals surface area (Å²) in [5.74, 6) is 0. The van der Waals surface area contributed by atoms with E-state index in [2.05, 4.69) is 10.0 Å². The number of morpholine rings is 1. The molecule has 0 aromatic carbocycles. The predicted octanol–water partition coefficient (Wildman–Crippen LogP) is -1.06. The molecule has 96 valence electrons. The first-order chi connectivity index (χ1) is 7.18. The van der Waals surface area contributed by atoms with Crippen molar-refractivity contribution in [2.75, 3.05) is 39.4 Å². The zero-order valence-electron chi connectivity index (χ0n) is 9.02. The van der Waals surface area contributed by atoms with Crippen LogP contribution in [0.5, 0.6) is 0 Å². The quantitative estimate of drug-likeness (QED) is 0.686. The van der Waals surface area contributed by atoms with Gasteiger partial charge in [0.1, 0.15) is 0 Å². The van der Waals surface area contributed by atoms with Crippen molar-refractivity contribution in [2.24, 2.45) is 0 Å². The molecule has 0 amide bonds. The largest absolute Gasteiger partial charge is 0.379 e. The van der Waals surface area contributed by atoms with Crippen LogP contribution >= 0.6 is 12.4 Å². The summed E-state index contributed by atoms with van der Waals surface area (Å²) in [5.41, 5.74) is 0. The zero-order valence-corrected chi connectivity index (χ0v) is 10.6. The van der Waals surface area contributed by atoms with Gasteiger partial charge in [-0.1, -0.05) is 0 Å². The Kier molecular flexibility index (Phi) is 5.42. The molecule has 8 heteroatoms. The first-order valence-corrected chi connectivity index (χ1v) is 6.68. The van der Waals surface area contributed by atoms with Crippen LogP contribution in [0.3, 0.4) is 0 Å². The van der Waals surface area contributed by atoms with Crippen LogP contribution in [0.25, 0.3) is 0 Å². The molecule has 1 unspecified atom stereocenters. The van der Waals surface area contributed by atoms with Gasteiger partial charge in [0.2, 0.25) is 0 Å². The van der Waals surface area contributed by atoms with Crippen molar-refractivity contribution < 1.29 is 13.2 Å². The minimum atomic E-state index is -3.30. The topological polar surface area (TPSA) is 70.7 Å². The number of ether oxygens (including phenoxy) is 1. The Balaban J connectivity index is 0.00000128. The van der Waals surface area contributed by atoms with Gasteiger partial charge >= 0.3 is 0 Å². The van der Waals surface area contributed by atoms with Crippen LogP contribution < -0.4 is 10.0 Å². The third-order valence-electron chi connectivity index (χ3n) is 2.69. The summed E-state index contributed by atoms with van der Waals surface area (Å²) in [4.78, 5) is 0. The van der Waals surface area contributed by atoms with Crippen molar-refractivity contribution in [3.05, 3.63) is 0 Å². The normalized spacial score (nSPS) is 27.6. The van der Waals surface area contributed by atoms with E-state index in [9.17, 15) is 8.42 Å². The molecule has 1 atom stereocenters. The third-order valence-corrected chi connectivity index (χ3v) is 4.36. The Morgan fingerprint density at radius 2 is 2.00 bits per heavy atom. The summed E-state index contributed by atoms with van der Waals surface area (Å²) >= 11 is 0. The number of halogens is 1. The van der Waals surface area contributed by atoms with Crippen LogP contribution in [0.1, 0.15) is 6.42 Å². The van der Waals surface area contributed by atoms with Crippen molar-refractivity contribution in [3.63, 3.8) is 0 Å². The Morgan fingerprint density at radius 3 is 2.56 bits per heavy atom. The fourth-order valence-corrected chi connectivity index (χ4v) is 3.23. The van der Waals surface area contributed by atoms with Crippen molar-refractivity contribution in [1.29, 1.82) is 0 Å². The second-order valence-electron chi connectivity index (χ2n) is 3.82. The highest BCUT2D eigenvalue weighted by molar-refractivity contribution is 7.87. The molecule has 0 saturated carbocycles. The average molecular weight is 272 g/mol. The van der Waals surface area contributed by atoms with Crippen molar-refractivity contribution in [3.8, 4) is 0 Å². The Labute approximate surface area is 102 Å². The highest BCUT2D eigenvalue weighted by Gasteiger charge is 2.27. The molecule has 2 fully saturated rings. The number of rotatable bonds is 3. The van der Waals surface area contributed by atoms with Crippen LogP contribution in [0.15, 0.2) is 0 Å². The lowest BCUT2D eigenvalue weighted by Gasteiger charge is -2.27. The van der Waals surface area contributed by atoms with Crippen molar-refractivity contribution in [2.45, 2.75) is 12.5 Å². The molecule has 2 N–H and O–H groups in total. The number of nitrogens with zero attached hydrogens (tertiary/aromatic N) is 1. The van der Waals surface area contributed by atoms with E-state index in [0.29, 0.717) is 26.3 Å². The highest BCUT2D eigenvalue weighted by atomic mass is 35.5. The molecule has 0 aliphatic carbocycles. The Hall–Kier alpha value is 0.0800. The van der Waals surface area contributed by atoms with Gasteiger partial charge in [-0.15, -0.1) is 12.4 Å². The van der Waals surface area contributed by atoms with E-state index in [1.165, 1.54) is 4.31 Å². The maximum absolute atomic E-state index is 11.9. The summed E-state index contributed by atoms with van der Waals surface area (Å²) in [7, 11) is -3.30. The smallest absolute Gasteiger partial charge is 0.279 e. The van der Waals surface area contributed by atoms with Crippen LogP contribution in [-0.2, 0) is 14.9 Å². The van der Waals surface area contributed by atoms with Crippen LogP contribution in [0.4, 0.5) is 0 Å². The third kappa shape index (κ3) is 3.54. The van der Waals surface area contributed by atoms with Gasteiger partial charge in [0, 0.05) is 25.7 Å². The first-order valence-electron chi connectivity index (χ1n) is 5.24. The van der Waals surface area contributed by atoms with Gasteiger partial charge < -0.3 is 10.1 Å². The maximum Gasteiger partial charge on any atom is 0.279 e. The summed E-state index contributed by atoms with van der Waals surface area (Å²) in [6.45, 7) is 3.50. The van der Waals surface area contributed by atoms with Crippen LogP contribution in [-0.4, -0.2) is 58.2 Å². The molecule has 0 aromatic heterocycles. The number of hydrogen-bond acceptors (Lipinski definition) is 4. The Bertz CT molecular complexity index is 300. The minimum absolute atomic E-state index is 0. The monoisotopic (exact) mass is 271 g/mol. The SMILES string of the molecule is Cl.O=S(=O)(NC1CCNC1)N1CCOCC1. The highest BCUT2D eigenvalue weighted by Crippen LogP contribution is 2.06. The number of nitrogens with one attached hydrogen (secondary N) is 2. The van der Waals surface area contributed by atoms with Gasteiger partial charge in [0.15, 0.2) is 0 Å². The van der Waals surface area contributed by atoms with Crippen molar-refractivity contribution >= 4 is 22.6 Å². The summed E-state index contributed by atoms with van der Waals surface area (Å²) < 4.78 is 33.0. The van der Waals surface area contributed by atoms with Gasteiger partial charge in [-0.3, -0.25) is 0 Å². The lowest BCUT2D eigenvalue weighted by atomic mass is 10.3. The molecule has 0 spiro atoms. The molecule has 2 saturated heterocycles. The van der Waals surface area contributed by atoms with Gasteiger partial charge in [-0.2, -0.15) is 17.4 Å². The second-order valence-corrected chi connectivity index (χ2v) is 5.53. The first kappa shape index (κ1) is 14.1. The molecule has 6 nitrogen and oxygen atoms in total. The van der Waals surface area contributed by atoms with E-state index < -0.39 is 10.2 Å². The summed E-state index contributed by atoms with van der Waals surface area (Å²) in [5, 5.41) is 3.13. The van der Waals surface area contributed by atoms with E-state index in [1.807, 2.05) is 0 Å². The van der Waals surface area contributed by atoms with Gasteiger partial charge in [-0.05, 0) is 13.0 Å². The summed E-state index contributed by atoms with van der Waals surface area (Å²) in [6, 6.07) is 0.0397. The van der Waals surface area contributed by atoms with E-state index in [-0.39, 0.29) is 18.4 Å². The fourth-order valence-electron chi connectivity index (χ4n) is 1.83. The predicted molar refractivity (Wildman–Crippen MR) is 63.0 cm³/mol. The fraction of sp³-hybridized carbons (Fsp3) is 1.00. The van der Waals surface area contributed by atoms with Crippen molar-refractivity contribution in [1.82, 2.24) is 14.3 Å². The average Bonchev–Trinajstić information content (AvgIpc) is 2.71. The molecule has 2 aliphatic rings.